The molecule has 2 aromatic rings. The quantitative estimate of drug-likeness (QED) is 0.589. The number of hydrogen-bond acceptors (Lipinski definition) is 7. The van der Waals surface area contributed by atoms with Crippen molar-refractivity contribution in [2.45, 2.75) is 33.2 Å². The standard InChI is InChI=1S/C22H26ClN3O4S2/c1-13-14(2)31-21(24-20(28)15-3-4-15)19(13)22(29)30-12-18(27)26-9-7-25(8-10-26)11-16-5-6-17(23)32-16/h5-6,15H,3-4,7-12H2,1-2H3,(H,24,28). The number of halogens is 1. The fourth-order valence-electron chi connectivity index (χ4n) is 3.62. The molecule has 4 rings (SSSR count). The van der Waals surface area contributed by atoms with E-state index >= 15 is 0 Å². The van der Waals surface area contributed by atoms with Crippen LogP contribution in [0.15, 0.2) is 12.1 Å². The number of aryl methyl sites for hydroxylation is 1. The first kappa shape index (κ1) is 23.2. The van der Waals surface area contributed by atoms with E-state index in [4.69, 9.17) is 16.3 Å². The van der Waals surface area contributed by atoms with E-state index < -0.39 is 5.97 Å². The van der Waals surface area contributed by atoms with E-state index in [0.717, 1.165) is 47.3 Å². The Balaban J connectivity index is 1.28. The van der Waals surface area contributed by atoms with Gasteiger partial charge in [-0.15, -0.1) is 22.7 Å². The second-order valence-electron chi connectivity index (χ2n) is 8.19. The topological polar surface area (TPSA) is 78.9 Å². The second-order valence-corrected chi connectivity index (χ2v) is 11.2. The fraction of sp³-hybridized carbons (Fsp3) is 0.500. The summed E-state index contributed by atoms with van der Waals surface area (Å²) >= 11 is 8.93. The third-order valence-corrected chi connectivity index (χ3v) is 8.17. The van der Waals surface area contributed by atoms with Crippen molar-refractivity contribution in [3.63, 3.8) is 0 Å². The molecule has 2 aromatic heterocycles. The predicted octanol–water partition coefficient (Wildman–Crippen LogP) is 3.93. The third kappa shape index (κ3) is 5.51. The van der Waals surface area contributed by atoms with Crippen LogP contribution in [0.5, 0.6) is 0 Å². The lowest BCUT2D eigenvalue weighted by molar-refractivity contribution is -0.136. The lowest BCUT2D eigenvalue weighted by Crippen LogP contribution is -2.49. The SMILES string of the molecule is Cc1sc(NC(=O)C2CC2)c(C(=O)OCC(=O)N2CCN(Cc3ccc(Cl)s3)CC2)c1C. The largest absolute Gasteiger partial charge is 0.452 e. The Kier molecular flexibility index (Phi) is 7.19. The number of esters is 1. The molecule has 0 aromatic carbocycles. The van der Waals surface area contributed by atoms with Crippen LogP contribution >= 0.6 is 34.3 Å². The van der Waals surface area contributed by atoms with E-state index in [2.05, 4.69) is 10.2 Å². The number of rotatable bonds is 7. The Labute approximate surface area is 200 Å². The lowest BCUT2D eigenvalue weighted by Gasteiger charge is -2.34. The summed E-state index contributed by atoms with van der Waals surface area (Å²) in [6.07, 6.45) is 1.77. The van der Waals surface area contributed by atoms with Crippen LogP contribution in [-0.2, 0) is 20.9 Å². The number of nitrogens with zero attached hydrogens (tertiary/aromatic N) is 2. The number of nitrogens with one attached hydrogen (secondary N) is 1. The Bertz CT molecular complexity index is 1020. The molecule has 2 aliphatic rings. The molecule has 10 heteroatoms. The number of carbonyl (C=O) groups is 3. The normalized spacial score (nSPS) is 16.8. The maximum Gasteiger partial charge on any atom is 0.341 e. The summed E-state index contributed by atoms with van der Waals surface area (Å²) in [6.45, 7) is 6.95. The van der Waals surface area contributed by atoms with Gasteiger partial charge in [0.25, 0.3) is 5.91 Å². The first-order valence-corrected chi connectivity index (χ1v) is 12.6. The lowest BCUT2D eigenvalue weighted by atomic mass is 10.1. The summed E-state index contributed by atoms with van der Waals surface area (Å²) in [5.41, 5.74) is 1.13. The van der Waals surface area contributed by atoms with Crippen LogP contribution in [0.25, 0.3) is 0 Å². The maximum atomic E-state index is 12.8. The number of thiophene rings is 2. The Morgan fingerprint density at radius 3 is 2.47 bits per heavy atom. The van der Waals surface area contributed by atoms with Gasteiger partial charge in [-0.1, -0.05) is 11.6 Å². The van der Waals surface area contributed by atoms with Gasteiger partial charge >= 0.3 is 5.97 Å². The van der Waals surface area contributed by atoms with Crippen LogP contribution in [0.1, 0.15) is 38.5 Å². The van der Waals surface area contributed by atoms with E-state index in [9.17, 15) is 14.4 Å². The van der Waals surface area contributed by atoms with Crippen molar-refractivity contribution >= 4 is 57.1 Å². The van der Waals surface area contributed by atoms with Crippen molar-refractivity contribution < 1.29 is 19.1 Å². The van der Waals surface area contributed by atoms with Gasteiger partial charge in [0.15, 0.2) is 6.61 Å². The third-order valence-electron chi connectivity index (χ3n) is 5.83. The molecule has 1 aliphatic heterocycles. The minimum Gasteiger partial charge on any atom is -0.452 e. The highest BCUT2D eigenvalue weighted by Crippen LogP contribution is 2.36. The molecule has 2 fully saturated rings. The Morgan fingerprint density at radius 1 is 1.12 bits per heavy atom. The van der Waals surface area contributed by atoms with Crippen molar-refractivity contribution in [3.8, 4) is 0 Å². The molecule has 172 valence electrons. The fourth-order valence-corrected chi connectivity index (χ4v) is 5.81. The minimum absolute atomic E-state index is 0.0404. The first-order chi connectivity index (χ1) is 15.3. The summed E-state index contributed by atoms with van der Waals surface area (Å²) in [7, 11) is 0. The molecule has 0 radical (unpaired) electrons. The molecule has 3 heterocycles. The van der Waals surface area contributed by atoms with Crippen molar-refractivity contribution in [1.82, 2.24) is 9.80 Å². The number of ether oxygens (including phenoxy) is 1. The average Bonchev–Trinajstić information content (AvgIpc) is 3.49. The van der Waals surface area contributed by atoms with Gasteiger partial charge in [-0.25, -0.2) is 4.79 Å². The molecule has 0 atom stereocenters. The minimum atomic E-state index is -0.570. The number of hydrogen-bond donors (Lipinski definition) is 1. The van der Waals surface area contributed by atoms with Gasteiger partial charge in [0.2, 0.25) is 5.91 Å². The van der Waals surface area contributed by atoms with E-state index in [1.165, 1.54) is 16.2 Å². The van der Waals surface area contributed by atoms with E-state index in [0.29, 0.717) is 23.7 Å². The zero-order valence-corrected chi connectivity index (χ0v) is 20.5. The molecule has 1 saturated carbocycles. The molecule has 1 N–H and O–H groups in total. The second kappa shape index (κ2) is 9.91. The summed E-state index contributed by atoms with van der Waals surface area (Å²) in [6, 6.07) is 3.93. The number of anilines is 1. The Hall–Kier alpha value is -1.94. The predicted molar refractivity (Wildman–Crippen MR) is 127 cm³/mol. The molecule has 1 saturated heterocycles. The smallest absolute Gasteiger partial charge is 0.341 e. The van der Waals surface area contributed by atoms with Gasteiger partial charge in [0.05, 0.1) is 9.90 Å². The van der Waals surface area contributed by atoms with Gasteiger partial charge in [-0.3, -0.25) is 14.5 Å². The zero-order chi connectivity index (χ0) is 22.8. The molecule has 0 unspecified atom stereocenters. The molecule has 32 heavy (non-hydrogen) atoms. The highest BCUT2D eigenvalue weighted by atomic mass is 35.5. The van der Waals surface area contributed by atoms with Crippen LogP contribution in [0.3, 0.4) is 0 Å². The molecule has 7 nitrogen and oxygen atoms in total. The zero-order valence-electron chi connectivity index (χ0n) is 18.1. The van der Waals surface area contributed by atoms with Gasteiger partial charge < -0.3 is 15.0 Å². The number of amides is 2. The summed E-state index contributed by atoms with van der Waals surface area (Å²) < 4.78 is 6.14. The summed E-state index contributed by atoms with van der Waals surface area (Å²) in [5, 5.41) is 3.37. The average molecular weight is 496 g/mol. The summed E-state index contributed by atoms with van der Waals surface area (Å²) in [5.74, 6) is -0.789. The van der Waals surface area contributed by atoms with E-state index in [-0.39, 0.29) is 24.3 Å². The van der Waals surface area contributed by atoms with Crippen molar-refractivity contribution in [3.05, 3.63) is 37.4 Å². The molecule has 0 bridgehead atoms. The molecular formula is C22H26ClN3O4S2. The van der Waals surface area contributed by atoms with E-state index in [1.54, 1.807) is 16.2 Å². The molecular weight excluding hydrogens is 470 g/mol. The van der Waals surface area contributed by atoms with Crippen LogP contribution in [0.2, 0.25) is 4.34 Å². The molecule has 0 spiro atoms. The Morgan fingerprint density at radius 2 is 1.84 bits per heavy atom. The van der Waals surface area contributed by atoms with Crippen molar-refractivity contribution in [2.75, 3.05) is 38.1 Å². The highest BCUT2D eigenvalue weighted by molar-refractivity contribution is 7.17. The monoisotopic (exact) mass is 495 g/mol. The maximum absolute atomic E-state index is 12.8. The van der Waals surface area contributed by atoms with Gasteiger partial charge in [0, 0.05) is 48.4 Å². The van der Waals surface area contributed by atoms with Gasteiger partial charge in [-0.2, -0.15) is 0 Å². The number of carbonyl (C=O) groups excluding carboxylic acids is 3. The van der Waals surface area contributed by atoms with Crippen LogP contribution in [0.4, 0.5) is 5.00 Å². The van der Waals surface area contributed by atoms with Gasteiger partial charge in [0.1, 0.15) is 5.00 Å². The number of piperazine rings is 1. The van der Waals surface area contributed by atoms with Crippen LogP contribution in [0, 0.1) is 19.8 Å². The van der Waals surface area contributed by atoms with Crippen molar-refractivity contribution in [2.24, 2.45) is 5.92 Å². The van der Waals surface area contributed by atoms with E-state index in [1.807, 2.05) is 26.0 Å². The summed E-state index contributed by atoms with van der Waals surface area (Å²) in [4.78, 5) is 43.7. The van der Waals surface area contributed by atoms with Crippen molar-refractivity contribution in [1.29, 1.82) is 0 Å². The van der Waals surface area contributed by atoms with Gasteiger partial charge in [-0.05, 0) is 44.4 Å². The van der Waals surface area contributed by atoms with Crippen LogP contribution in [-0.4, -0.2) is 60.4 Å². The highest BCUT2D eigenvalue weighted by Gasteiger charge is 2.32. The first-order valence-electron chi connectivity index (χ1n) is 10.6. The molecule has 2 amide bonds. The van der Waals surface area contributed by atoms with Crippen LogP contribution < -0.4 is 5.32 Å². The molecule has 1 aliphatic carbocycles.